The normalized spacial score (nSPS) is 12.2. The van der Waals surface area contributed by atoms with E-state index in [0.717, 1.165) is 11.3 Å². The van der Waals surface area contributed by atoms with Crippen molar-refractivity contribution < 1.29 is 9.59 Å². The number of H-pyrrole nitrogens is 1. The smallest absolute Gasteiger partial charge is 0.268 e. The number of carbonyl (C=O) groups is 2. The molecule has 1 heterocycles. The lowest BCUT2D eigenvalue weighted by Crippen LogP contribution is -2.35. The molecule has 0 aliphatic carbocycles. The molecule has 0 bridgehead atoms. The Morgan fingerprint density at radius 1 is 1.17 bits per heavy atom. The van der Waals surface area contributed by atoms with E-state index in [2.05, 4.69) is 10.3 Å². The van der Waals surface area contributed by atoms with Gasteiger partial charge in [-0.05, 0) is 46.0 Å². The molecule has 0 radical (unpaired) electrons. The maximum absolute atomic E-state index is 12.7. The molecule has 0 spiro atoms. The van der Waals surface area contributed by atoms with E-state index in [1.807, 2.05) is 56.3 Å². The van der Waals surface area contributed by atoms with Crippen LogP contribution in [0.4, 0.5) is 0 Å². The van der Waals surface area contributed by atoms with E-state index in [1.54, 1.807) is 6.92 Å². The van der Waals surface area contributed by atoms with Gasteiger partial charge in [0.15, 0.2) is 5.78 Å². The van der Waals surface area contributed by atoms with Gasteiger partial charge in [-0.25, -0.2) is 0 Å². The number of ketones is 1. The molecule has 0 fully saturated rings. The second kappa shape index (κ2) is 7.45. The highest BCUT2D eigenvalue weighted by molar-refractivity contribution is 6.02. The average Bonchev–Trinajstić information content (AvgIpc) is 2.82. The van der Waals surface area contributed by atoms with Crippen LogP contribution in [-0.2, 0) is 0 Å². The zero-order chi connectivity index (χ0) is 17.9. The third-order valence-corrected chi connectivity index (χ3v) is 4.07. The van der Waals surface area contributed by atoms with Crippen LogP contribution >= 0.6 is 0 Å². The van der Waals surface area contributed by atoms with E-state index in [1.165, 1.54) is 6.92 Å². The van der Waals surface area contributed by atoms with Crippen molar-refractivity contribution in [2.75, 3.05) is 20.6 Å². The van der Waals surface area contributed by atoms with E-state index in [4.69, 9.17) is 0 Å². The van der Waals surface area contributed by atoms with Gasteiger partial charge in [0.2, 0.25) is 0 Å². The molecule has 0 aliphatic heterocycles. The molecule has 0 unspecified atom stereocenters. The highest BCUT2D eigenvalue weighted by Crippen LogP contribution is 2.20. The lowest BCUT2D eigenvalue weighted by Gasteiger charge is -2.22. The van der Waals surface area contributed by atoms with Crippen molar-refractivity contribution in [3.63, 3.8) is 0 Å². The molecule has 1 aromatic heterocycles. The second-order valence-corrected chi connectivity index (χ2v) is 6.38. The predicted octanol–water partition coefficient (Wildman–Crippen LogP) is 2.87. The van der Waals surface area contributed by atoms with Crippen LogP contribution in [0.5, 0.6) is 0 Å². The minimum atomic E-state index is -0.196. The predicted molar refractivity (Wildman–Crippen MR) is 95.5 cm³/mol. The standard InChI is InChI=1S/C19H25N3O2/c1-12-17(14(3)23)13(2)20-18(12)19(24)21-16(11-22(4)5)15-9-7-6-8-10-15/h6-10,16,20H,11H2,1-5H3,(H,21,24)/t16-/m1/s1. The zero-order valence-electron chi connectivity index (χ0n) is 14.9. The summed E-state index contributed by atoms with van der Waals surface area (Å²) in [5, 5.41) is 3.08. The second-order valence-electron chi connectivity index (χ2n) is 6.38. The first-order valence-corrected chi connectivity index (χ1v) is 8.02. The Morgan fingerprint density at radius 2 is 1.79 bits per heavy atom. The molecule has 128 valence electrons. The maximum atomic E-state index is 12.7. The summed E-state index contributed by atoms with van der Waals surface area (Å²) in [4.78, 5) is 29.6. The molecule has 1 atom stereocenters. The first-order valence-electron chi connectivity index (χ1n) is 8.02. The number of nitrogens with zero attached hydrogens (tertiary/aromatic N) is 1. The highest BCUT2D eigenvalue weighted by Gasteiger charge is 2.22. The van der Waals surface area contributed by atoms with Gasteiger partial charge in [-0.2, -0.15) is 0 Å². The van der Waals surface area contributed by atoms with Crippen LogP contribution in [0.3, 0.4) is 0 Å². The van der Waals surface area contributed by atoms with Gasteiger partial charge in [0.25, 0.3) is 5.91 Å². The van der Waals surface area contributed by atoms with Crippen LogP contribution in [0.2, 0.25) is 0 Å². The number of rotatable bonds is 6. The molecule has 2 N–H and O–H groups in total. The lowest BCUT2D eigenvalue weighted by atomic mass is 10.0. The first-order chi connectivity index (χ1) is 11.3. The van der Waals surface area contributed by atoms with E-state index < -0.39 is 0 Å². The van der Waals surface area contributed by atoms with Crippen molar-refractivity contribution in [1.29, 1.82) is 0 Å². The topological polar surface area (TPSA) is 65.2 Å². The zero-order valence-corrected chi connectivity index (χ0v) is 14.9. The number of likely N-dealkylation sites (N-methyl/N-ethyl adjacent to an activating group) is 1. The Hall–Kier alpha value is -2.40. The van der Waals surface area contributed by atoms with Crippen LogP contribution in [0.1, 0.15) is 50.6 Å². The van der Waals surface area contributed by atoms with Crippen molar-refractivity contribution in [3.8, 4) is 0 Å². The SMILES string of the molecule is CC(=O)c1c(C)[nH]c(C(=O)N[C@H](CN(C)C)c2ccccc2)c1C. The van der Waals surface area contributed by atoms with E-state index >= 15 is 0 Å². The van der Waals surface area contributed by atoms with Crippen LogP contribution in [-0.4, -0.2) is 42.2 Å². The molecule has 5 nitrogen and oxygen atoms in total. The largest absolute Gasteiger partial charge is 0.354 e. The number of benzene rings is 1. The van der Waals surface area contributed by atoms with E-state index in [-0.39, 0.29) is 17.7 Å². The summed E-state index contributed by atoms with van der Waals surface area (Å²) in [5.74, 6) is -0.230. The number of hydrogen-bond donors (Lipinski definition) is 2. The van der Waals surface area contributed by atoms with Crippen molar-refractivity contribution in [2.45, 2.75) is 26.8 Å². The third kappa shape index (κ3) is 3.92. The Bertz CT molecular complexity index is 733. The minimum absolute atomic E-state index is 0.0341. The molecule has 5 heteroatoms. The van der Waals surface area contributed by atoms with Crippen LogP contribution in [0.15, 0.2) is 30.3 Å². The fourth-order valence-electron chi connectivity index (χ4n) is 3.02. The molecule has 0 saturated heterocycles. The Morgan fingerprint density at radius 3 is 2.29 bits per heavy atom. The molecule has 0 saturated carbocycles. The van der Waals surface area contributed by atoms with Gasteiger partial charge in [0.05, 0.1) is 6.04 Å². The van der Waals surface area contributed by atoms with E-state index in [9.17, 15) is 9.59 Å². The summed E-state index contributed by atoms with van der Waals surface area (Å²) in [5.41, 5.74) is 3.54. The average molecular weight is 327 g/mol. The van der Waals surface area contributed by atoms with Crippen molar-refractivity contribution >= 4 is 11.7 Å². The minimum Gasteiger partial charge on any atom is -0.354 e. The molecule has 2 rings (SSSR count). The van der Waals surface area contributed by atoms with Gasteiger partial charge >= 0.3 is 0 Å². The molecular weight excluding hydrogens is 302 g/mol. The van der Waals surface area contributed by atoms with Crippen molar-refractivity contribution in [2.24, 2.45) is 0 Å². The number of aryl methyl sites for hydroxylation is 1. The summed E-state index contributed by atoms with van der Waals surface area (Å²) in [6.07, 6.45) is 0. The van der Waals surface area contributed by atoms with Gasteiger partial charge in [0.1, 0.15) is 5.69 Å². The van der Waals surface area contributed by atoms with Gasteiger partial charge < -0.3 is 15.2 Å². The molecular formula is C19H25N3O2. The van der Waals surface area contributed by atoms with Gasteiger partial charge in [-0.15, -0.1) is 0 Å². The summed E-state index contributed by atoms with van der Waals surface area (Å²) >= 11 is 0. The Kier molecular flexibility index (Phi) is 5.57. The van der Waals surface area contributed by atoms with Crippen molar-refractivity contribution in [3.05, 3.63) is 58.4 Å². The molecule has 2 aromatic rings. The first kappa shape index (κ1) is 17.9. The highest BCUT2D eigenvalue weighted by atomic mass is 16.2. The number of aromatic nitrogens is 1. The number of amides is 1. The fourth-order valence-corrected chi connectivity index (χ4v) is 3.02. The summed E-state index contributed by atoms with van der Waals surface area (Å²) in [6, 6.07) is 9.75. The molecule has 0 aliphatic rings. The number of aromatic amines is 1. The maximum Gasteiger partial charge on any atom is 0.268 e. The number of carbonyl (C=O) groups excluding carboxylic acids is 2. The fraction of sp³-hybridized carbons (Fsp3) is 0.368. The van der Waals surface area contributed by atoms with Gasteiger partial charge in [0, 0.05) is 17.8 Å². The molecule has 1 aromatic carbocycles. The molecule has 24 heavy (non-hydrogen) atoms. The lowest BCUT2D eigenvalue weighted by molar-refractivity contribution is 0.0924. The van der Waals surface area contributed by atoms with Crippen molar-refractivity contribution in [1.82, 2.24) is 15.2 Å². The van der Waals surface area contributed by atoms with Crippen LogP contribution in [0, 0.1) is 13.8 Å². The number of hydrogen-bond acceptors (Lipinski definition) is 3. The monoisotopic (exact) mass is 327 g/mol. The summed E-state index contributed by atoms with van der Waals surface area (Å²) in [6.45, 7) is 5.82. The van der Waals surface area contributed by atoms with Gasteiger partial charge in [-0.1, -0.05) is 30.3 Å². The summed E-state index contributed by atoms with van der Waals surface area (Å²) in [7, 11) is 3.94. The third-order valence-electron chi connectivity index (χ3n) is 4.07. The van der Waals surface area contributed by atoms with Gasteiger partial charge in [-0.3, -0.25) is 9.59 Å². The van der Waals surface area contributed by atoms with E-state index in [0.29, 0.717) is 23.4 Å². The Balaban J connectivity index is 2.28. The van der Waals surface area contributed by atoms with Crippen LogP contribution in [0.25, 0.3) is 0 Å². The van der Waals surface area contributed by atoms with Crippen LogP contribution < -0.4 is 5.32 Å². The number of nitrogens with one attached hydrogen (secondary N) is 2. The number of Topliss-reactive ketones (excluding diaryl/α,β-unsaturated/α-hetero) is 1. The quantitative estimate of drug-likeness (QED) is 0.802. The Labute approximate surface area is 143 Å². The summed E-state index contributed by atoms with van der Waals surface area (Å²) < 4.78 is 0. The molecule has 1 amide bonds.